The van der Waals surface area contributed by atoms with Crippen LogP contribution in [0.15, 0.2) is 34.8 Å². The van der Waals surface area contributed by atoms with Gasteiger partial charge in [0.25, 0.3) is 0 Å². The smallest absolute Gasteiger partial charge is 0.128 e. The van der Waals surface area contributed by atoms with Crippen molar-refractivity contribution in [1.82, 2.24) is 0 Å². The van der Waals surface area contributed by atoms with Crippen LogP contribution in [-0.2, 0) is 0 Å². The molecule has 0 bridgehead atoms. The van der Waals surface area contributed by atoms with Crippen molar-refractivity contribution in [2.75, 3.05) is 11.1 Å². The van der Waals surface area contributed by atoms with E-state index in [-0.39, 0.29) is 5.82 Å². The maximum Gasteiger partial charge on any atom is 0.128 e. The maximum absolute atomic E-state index is 13.3. The molecule has 2 aromatic rings. The third kappa shape index (κ3) is 2.64. The Morgan fingerprint density at radius 2 is 1.83 bits per heavy atom. The van der Waals surface area contributed by atoms with Crippen molar-refractivity contribution >= 4 is 33.0 Å². The molecule has 0 aliphatic rings. The van der Waals surface area contributed by atoms with Crippen LogP contribution in [-0.4, -0.2) is 0 Å². The Balaban J connectivity index is 2.34. The number of benzene rings is 2. The summed E-state index contributed by atoms with van der Waals surface area (Å²) in [5, 5.41) is 3.19. The van der Waals surface area contributed by atoms with Gasteiger partial charge in [-0.15, -0.1) is 0 Å². The molecule has 0 unspecified atom stereocenters. The van der Waals surface area contributed by atoms with Crippen molar-refractivity contribution in [3.8, 4) is 0 Å². The maximum atomic E-state index is 13.3. The Kier molecular flexibility index (Phi) is 3.57. The number of anilines is 3. The highest BCUT2D eigenvalue weighted by Crippen LogP contribution is 2.28. The molecule has 2 rings (SSSR count). The molecule has 0 heterocycles. The molecule has 94 valence electrons. The van der Waals surface area contributed by atoms with Gasteiger partial charge in [-0.3, -0.25) is 0 Å². The van der Waals surface area contributed by atoms with E-state index >= 15 is 0 Å². The van der Waals surface area contributed by atoms with Crippen molar-refractivity contribution < 1.29 is 4.39 Å². The highest BCUT2D eigenvalue weighted by molar-refractivity contribution is 9.10. The van der Waals surface area contributed by atoms with E-state index in [1.54, 1.807) is 13.0 Å². The zero-order valence-corrected chi connectivity index (χ0v) is 11.8. The molecule has 3 N–H and O–H groups in total. The molecule has 0 radical (unpaired) electrons. The van der Waals surface area contributed by atoms with Crippen LogP contribution in [0.1, 0.15) is 11.1 Å². The molecule has 4 heteroatoms. The number of nitrogen functional groups attached to an aromatic ring is 1. The summed E-state index contributed by atoms with van der Waals surface area (Å²) in [6.07, 6.45) is 0. The first-order chi connectivity index (χ1) is 8.47. The van der Waals surface area contributed by atoms with Crippen molar-refractivity contribution in [2.24, 2.45) is 0 Å². The van der Waals surface area contributed by atoms with Crippen LogP contribution in [0.4, 0.5) is 21.5 Å². The molecule has 0 saturated heterocycles. The summed E-state index contributed by atoms with van der Waals surface area (Å²) >= 11 is 3.47. The lowest BCUT2D eigenvalue weighted by molar-refractivity contribution is 0.619. The molecule has 18 heavy (non-hydrogen) atoms. The highest BCUT2D eigenvalue weighted by atomic mass is 79.9. The van der Waals surface area contributed by atoms with Crippen LogP contribution in [0, 0.1) is 19.7 Å². The Hall–Kier alpha value is -1.55. The van der Waals surface area contributed by atoms with E-state index in [9.17, 15) is 4.39 Å². The number of hydrogen-bond acceptors (Lipinski definition) is 2. The topological polar surface area (TPSA) is 38.0 Å². The van der Waals surface area contributed by atoms with Crippen LogP contribution >= 0.6 is 15.9 Å². The predicted octanol–water partition coefficient (Wildman–Crippen LogP) is 4.53. The molecule has 0 fully saturated rings. The lowest BCUT2D eigenvalue weighted by Crippen LogP contribution is -1.98. The van der Waals surface area contributed by atoms with Gasteiger partial charge >= 0.3 is 0 Å². The first-order valence-corrected chi connectivity index (χ1v) is 6.35. The van der Waals surface area contributed by atoms with Gasteiger partial charge in [0, 0.05) is 10.2 Å². The SMILES string of the molecule is Cc1cc(Nc2ccc(C)c(Br)c2)c(N)cc1F. The summed E-state index contributed by atoms with van der Waals surface area (Å²) in [5.41, 5.74) is 9.53. The summed E-state index contributed by atoms with van der Waals surface area (Å²) in [4.78, 5) is 0. The number of rotatable bonds is 2. The standard InChI is InChI=1S/C14H14BrFN2/c1-8-3-4-10(6-11(8)15)18-14-5-9(2)12(16)7-13(14)17/h3-7,18H,17H2,1-2H3. The van der Waals surface area contributed by atoms with E-state index < -0.39 is 0 Å². The molecule has 0 spiro atoms. The largest absolute Gasteiger partial charge is 0.397 e. The summed E-state index contributed by atoms with van der Waals surface area (Å²) in [7, 11) is 0. The fraction of sp³-hybridized carbons (Fsp3) is 0.143. The van der Waals surface area contributed by atoms with Gasteiger partial charge in [0.1, 0.15) is 5.82 Å². The number of hydrogen-bond donors (Lipinski definition) is 2. The number of aryl methyl sites for hydroxylation is 2. The Morgan fingerprint density at radius 1 is 1.11 bits per heavy atom. The molecule has 0 aliphatic carbocycles. The van der Waals surface area contributed by atoms with E-state index in [2.05, 4.69) is 21.2 Å². The molecule has 0 amide bonds. The van der Waals surface area contributed by atoms with Crippen LogP contribution in [0.5, 0.6) is 0 Å². The van der Waals surface area contributed by atoms with Crippen molar-refractivity contribution in [3.05, 3.63) is 51.7 Å². The number of nitrogens with two attached hydrogens (primary N) is 1. The average Bonchev–Trinajstić information content (AvgIpc) is 2.31. The average molecular weight is 309 g/mol. The molecule has 0 aliphatic heterocycles. The molecule has 2 nitrogen and oxygen atoms in total. The van der Waals surface area contributed by atoms with E-state index in [0.29, 0.717) is 16.9 Å². The highest BCUT2D eigenvalue weighted by Gasteiger charge is 2.05. The summed E-state index contributed by atoms with van der Waals surface area (Å²) < 4.78 is 14.3. The van der Waals surface area contributed by atoms with Gasteiger partial charge in [0.15, 0.2) is 0 Å². The summed E-state index contributed by atoms with van der Waals surface area (Å²) in [6, 6.07) is 8.96. The second kappa shape index (κ2) is 4.98. The Bertz CT molecular complexity index is 597. The first-order valence-electron chi connectivity index (χ1n) is 5.56. The normalized spacial score (nSPS) is 10.4. The fourth-order valence-electron chi connectivity index (χ4n) is 1.63. The van der Waals surface area contributed by atoms with Crippen molar-refractivity contribution in [1.29, 1.82) is 0 Å². The third-order valence-corrected chi connectivity index (χ3v) is 3.64. The minimum absolute atomic E-state index is 0.289. The van der Waals surface area contributed by atoms with Crippen molar-refractivity contribution in [2.45, 2.75) is 13.8 Å². The zero-order chi connectivity index (χ0) is 13.3. The molecule has 2 aromatic carbocycles. The van der Waals surface area contributed by atoms with Gasteiger partial charge in [-0.05, 0) is 49.2 Å². The molecule has 0 saturated carbocycles. The third-order valence-electron chi connectivity index (χ3n) is 2.78. The van der Waals surface area contributed by atoms with Gasteiger partial charge < -0.3 is 11.1 Å². The van der Waals surface area contributed by atoms with Gasteiger partial charge in [-0.2, -0.15) is 0 Å². The second-order valence-corrected chi connectivity index (χ2v) is 5.13. The number of nitrogens with one attached hydrogen (secondary N) is 1. The van der Waals surface area contributed by atoms with E-state index in [1.807, 2.05) is 25.1 Å². The van der Waals surface area contributed by atoms with E-state index in [1.165, 1.54) is 6.07 Å². The monoisotopic (exact) mass is 308 g/mol. The zero-order valence-electron chi connectivity index (χ0n) is 10.2. The summed E-state index contributed by atoms with van der Waals surface area (Å²) in [6.45, 7) is 3.73. The van der Waals surface area contributed by atoms with Gasteiger partial charge in [0.2, 0.25) is 0 Å². The molecule has 0 atom stereocenters. The van der Waals surface area contributed by atoms with Crippen LogP contribution in [0.2, 0.25) is 0 Å². The predicted molar refractivity (Wildman–Crippen MR) is 77.7 cm³/mol. The first kappa shape index (κ1) is 12.9. The van der Waals surface area contributed by atoms with Crippen molar-refractivity contribution in [3.63, 3.8) is 0 Å². The van der Waals surface area contributed by atoms with Crippen LogP contribution < -0.4 is 11.1 Å². The molecular formula is C14H14BrFN2. The lowest BCUT2D eigenvalue weighted by atomic mass is 10.1. The van der Waals surface area contributed by atoms with E-state index in [0.717, 1.165) is 15.7 Å². The fourth-order valence-corrected chi connectivity index (χ4v) is 2.01. The van der Waals surface area contributed by atoms with E-state index in [4.69, 9.17) is 5.73 Å². The quantitative estimate of drug-likeness (QED) is 0.800. The molecular weight excluding hydrogens is 295 g/mol. The second-order valence-electron chi connectivity index (χ2n) is 4.28. The lowest BCUT2D eigenvalue weighted by Gasteiger charge is -2.12. The number of halogens is 2. The summed E-state index contributed by atoms with van der Waals surface area (Å²) in [5.74, 6) is -0.289. The molecule has 0 aromatic heterocycles. The Morgan fingerprint density at radius 3 is 2.50 bits per heavy atom. The Labute approximate surface area is 114 Å². The van der Waals surface area contributed by atoms with Gasteiger partial charge in [-0.1, -0.05) is 22.0 Å². The minimum atomic E-state index is -0.289. The van der Waals surface area contributed by atoms with Crippen LogP contribution in [0.3, 0.4) is 0 Å². The van der Waals surface area contributed by atoms with Crippen LogP contribution in [0.25, 0.3) is 0 Å². The minimum Gasteiger partial charge on any atom is -0.397 e. The van der Waals surface area contributed by atoms with Gasteiger partial charge in [-0.25, -0.2) is 4.39 Å². The van der Waals surface area contributed by atoms with Gasteiger partial charge in [0.05, 0.1) is 11.4 Å².